The molecule has 0 aliphatic heterocycles. The molecule has 1 atom stereocenters. The second kappa shape index (κ2) is 8.62. The number of aryl methyl sites for hydroxylation is 3. The zero-order valence-corrected chi connectivity index (χ0v) is 15.5. The lowest BCUT2D eigenvalue weighted by atomic mass is 10.0. The summed E-state index contributed by atoms with van der Waals surface area (Å²) in [6.07, 6.45) is -1.03. The number of hydrogen-bond donors (Lipinski definition) is 1. The molecule has 0 bridgehead atoms. The van der Waals surface area contributed by atoms with E-state index in [9.17, 15) is 18.4 Å². The van der Waals surface area contributed by atoms with Gasteiger partial charge in [-0.05, 0) is 63.1 Å². The second-order valence-corrected chi connectivity index (χ2v) is 6.21. The standard InChI is InChI=1S/C20H21F2NO4/c1-11-9-12(2)17(13(3)10-11)23-18(24)14(4)26-19(25)15-5-7-16(8-6-15)27-20(21)22/h5-10,14,20H,1-4H3,(H,23,24)/t14-/m1/s1. The Morgan fingerprint density at radius 2 is 1.56 bits per heavy atom. The van der Waals surface area contributed by atoms with Gasteiger partial charge in [-0.2, -0.15) is 8.78 Å². The second-order valence-electron chi connectivity index (χ2n) is 6.21. The van der Waals surface area contributed by atoms with Crippen molar-refractivity contribution in [2.45, 2.75) is 40.4 Å². The van der Waals surface area contributed by atoms with Crippen molar-refractivity contribution in [3.05, 3.63) is 58.7 Å². The molecule has 0 saturated heterocycles. The van der Waals surface area contributed by atoms with Gasteiger partial charge < -0.3 is 14.8 Å². The van der Waals surface area contributed by atoms with E-state index in [1.54, 1.807) is 0 Å². The zero-order chi connectivity index (χ0) is 20.1. The Morgan fingerprint density at radius 3 is 2.07 bits per heavy atom. The molecule has 2 rings (SSSR count). The van der Waals surface area contributed by atoms with Crippen molar-refractivity contribution in [3.63, 3.8) is 0 Å². The summed E-state index contributed by atoms with van der Waals surface area (Å²) in [5.41, 5.74) is 3.71. The molecule has 0 fully saturated rings. The topological polar surface area (TPSA) is 64.6 Å². The van der Waals surface area contributed by atoms with Crippen LogP contribution in [-0.2, 0) is 9.53 Å². The number of rotatable bonds is 6. The van der Waals surface area contributed by atoms with Gasteiger partial charge in [0.15, 0.2) is 6.10 Å². The first kappa shape index (κ1) is 20.4. The summed E-state index contributed by atoms with van der Waals surface area (Å²) in [5.74, 6) is -1.27. The van der Waals surface area contributed by atoms with Gasteiger partial charge in [0.1, 0.15) is 5.75 Å². The Morgan fingerprint density at radius 1 is 1.00 bits per heavy atom. The van der Waals surface area contributed by atoms with Crippen molar-refractivity contribution >= 4 is 17.6 Å². The molecule has 0 unspecified atom stereocenters. The summed E-state index contributed by atoms with van der Waals surface area (Å²) >= 11 is 0. The number of benzene rings is 2. The Kier molecular flexibility index (Phi) is 6.50. The fraction of sp³-hybridized carbons (Fsp3) is 0.300. The first-order chi connectivity index (χ1) is 12.7. The molecule has 144 valence electrons. The average molecular weight is 377 g/mol. The van der Waals surface area contributed by atoms with Crippen LogP contribution in [-0.4, -0.2) is 24.6 Å². The average Bonchev–Trinajstić information content (AvgIpc) is 2.57. The number of amides is 1. The molecule has 5 nitrogen and oxygen atoms in total. The monoisotopic (exact) mass is 377 g/mol. The number of anilines is 1. The lowest BCUT2D eigenvalue weighted by Crippen LogP contribution is -2.30. The molecule has 0 aliphatic rings. The molecule has 2 aromatic carbocycles. The van der Waals surface area contributed by atoms with Crippen molar-refractivity contribution in [2.75, 3.05) is 5.32 Å². The van der Waals surface area contributed by atoms with E-state index in [-0.39, 0.29) is 11.3 Å². The Balaban J connectivity index is 2.00. The van der Waals surface area contributed by atoms with Gasteiger partial charge in [0.05, 0.1) is 5.56 Å². The van der Waals surface area contributed by atoms with E-state index < -0.39 is 24.6 Å². The summed E-state index contributed by atoms with van der Waals surface area (Å²) in [7, 11) is 0. The zero-order valence-electron chi connectivity index (χ0n) is 15.5. The molecule has 0 radical (unpaired) electrons. The maximum atomic E-state index is 12.4. The molecule has 7 heteroatoms. The Bertz CT molecular complexity index is 811. The lowest BCUT2D eigenvalue weighted by Gasteiger charge is -2.17. The summed E-state index contributed by atoms with van der Waals surface area (Å²) in [5, 5.41) is 2.77. The highest BCUT2D eigenvalue weighted by Crippen LogP contribution is 2.22. The van der Waals surface area contributed by atoms with Crippen LogP contribution in [0.15, 0.2) is 36.4 Å². The number of alkyl halides is 2. The third-order valence-electron chi connectivity index (χ3n) is 3.89. The summed E-state index contributed by atoms with van der Waals surface area (Å²) in [4.78, 5) is 24.5. The van der Waals surface area contributed by atoms with Gasteiger partial charge >= 0.3 is 12.6 Å². The number of nitrogens with one attached hydrogen (secondary N) is 1. The number of halogens is 2. The van der Waals surface area contributed by atoms with Crippen LogP contribution in [0.2, 0.25) is 0 Å². The predicted molar refractivity (Wildman–Crippen MR) is 97.2 cm³/mol. The molecule has 0 saturated carbocycles. The van der Waals surface area contributed by atoms with Crippen molar-refractivity contribution in [2.24, 2.45) is 0 Å². The van der Waals surface area contributed by atoms with Gasteiger partial charge in [-0.3, -0.25) is 4.79 Å². The van der Waals surface area contributed by atoms with Gasteiger partial charge in [-0.25, -0.2) is 4.79 Å². The molecule has 1 amide bonds. The largest absolute Gasteiger partial charge is 0.449 e. The van der Waals surface area contributed by atoms with E-state index in [0.717, 1.165) is 16.7 Å². The van der Waals surface area contributed by atoms with E-state index in [1.807, 2.05) is 32.9 Å². The van der Waals surface area contributed by atoms with Crippen LogP contribution in [0.25, 0.3) is 0 Å². The first-order valence-electron chi connectivity index (χ1n) is 8.32. The highest BCUT2D eigenvalue weighted by molar-refractivity contribution is 5.98. The van der Waals surface area contributed by atoms with E-state index in [0.29, 0.717) is 5.69 Å². The smallest absolute Gasteiger partial charge is 0.387 e. The van der Waals surface area contributed by atoms with Gasteiger partial charge in [-0.15, -0.1) is 0 Å². The van der Waals surface area contributed by atoms with Crippen LogP contribution in [0, 0.1) is 20.8 Å². The number of esters is 1. The molecule has 0 heterocycles. The van der Waals surface area contributed by atoms with Gasteiger partial charge in [-0.1, -0.05) is 17.7 Å². The summed E-state index contributed by atoms with van der Waals surface area (Å²) < 4.78 is 33.7. The quantitative estimate of drug-likeness (QED) is 0.758. The predicted octanol–water partition coefficient (Wildman–Crippen LogP) is 4.40. The van der Waals surface area contributed by atoms with Crippen molar-refractivity contribution in [1.82, 2.24) is 0 Å². The Hall–Kier alpha value is -2.96. The van der Waals surface area contributed by atoms with Gasteiger partial charge in [0.2, 0.25) is 0 Å². The molecule has 0 spiro atoms. The third-order valence-corrected chi connectivity index (χ3v) is 3.89. The third kappa shape index (κ3) is 5.51. The SMILES string of the molecule is Cc1cc(C)c(NC(=O)[C@@H](C)OC(=O)c2ccc(OC(F)F)cc2)c(C)c1. The van der Waals surface area contributed by atoms with E-state index >= 15 is 0 Å². The maximum absolute atomic E-state index is 12.4. The number of carbonyl (C=O) groups excluding carboxylic acids is 2. The molecule has 0 aliphatic carbocycles. The highest BCUT2D eigenvalue weighted by Gasteiger charge is 2.20. The lowest BCUT2D eigenvalue weighted by molar-refractivity contribution is -0.123. The van der Waals surface area contributed by atoms with E-state index in [4.69, 9.17) is 4.74 Å². The minimum absolute atomic E-state index is 0.0716. The molecular weight excluding hydrogens is 356 g/mol. The minimum Gasteiger partial charge on any atom is -0.449 e. The van der Waals surface area contributed by atoms with Crippen LogP contribution in [0.3, 0.4) is 0 Å². The van der Waals surface area contributed by atoms with Crippen molar-refractivity contribution in [3.8, 4) is 5.75 Å². The fourth-order valence-corrected chi connectivity index (χ4v) is 2.66. The van der Waals surface area contributed by atoms with Crippen LogP contribution in [0.5, 0.6) is 5.75 Å². The van der Waals surface area contributed by atoms with Crippen molar-refractivity contribution in [1.29, 1.82) is 0 Å². The van der Waals surface area contributed by atoms with Crippen LogP contribution < -0.4 is 10.1 Å². The van der Waals surface area contributed by atoms with Gasteiger partial charge in [0.25, 0.3) is 5.91 Å². The number of ether oxygens (including phenoxy) is 2. The molecule has 27 heavy (non-hydrogen) atoms. The van der Waals surface area contributed by atoms with Crippen LogP contribution >= 0.6 is 0 Å². The molecule has 2 aromatic rings. The molecular formula is C20H21F2NO4. The van der Waals surface area contributed by atoms with Crippen LogP contribution in [0.1, 0.15) is 34.0 Å². The van der Waals surface area contributed by atoms with E-state index in [2.05, 4.69) is 10.1 Å². The maximum Gasteiger partial charge on any atom is 0.387 e. The number of carbonyl (C=O) groups is 2. The molecule has 0 aromatic heterocycles. The van der Waals surface area contributed by atoms with E-state index in [1.165, 1.54) is 31.2 Å². The summed E-state index contributed by atoms with van der Waals surface area (Å²) in [6.45, 7) is 4.25. The Labute approximate surface area is 156 Å². The van der Waals surface area contributed by atoms with Gasteiger partial charge in [0, 0.05) is 5.69 Å². The molecule has 1 N–H and O–H groups in total. The fourth-order valence-electron chi connectivity index (χ4n) is 2.66. The highest BCUT2D eigenvalue weighted by atomic mass is 19.3. The normalized spacial score (nSPS) is 11.8. The van der Waals surface area contributed by atoms with Crippen molar-refractivity contribution < 1.29 is 27.8 Å². The van der Waals surface area contributed by atoms with Crippen LogP contribution in [0.4, 0.5) is 14.5 Å². The number of hydrogen-bond acceptors (Lipinski definition) is 4. The first-order valence-corrected chi connectivity index (χ1v) is 8.32. The minimum atomic E-state index is -2.94. The summed E-state index contributed by atoms with van der Waals surface area (Å²) in [6, 6.07) is 8.93.